The monoisotopic (exact) mass is 168 g/mol. The molecule has 2 nitrogen and oxygen atoms in total. The largest absolute Gasteiger partial charge is 0.328 e. The van der Waals surface area contributed by atoms with E-state index < -0.39 is 0 Å². The van der Waals surface area contributed by atoms with Gasteiger partial charge in [0.1, 0.15) is 0 Å². The van der Waals surface area contributed by atoms with E-state index in [0.29, 0.717) is 17.4 Å². The molecular weight excluding hydrogens is 148 g/mol. The predicted octanol–water partition coefficient (Wildman–Crippen LogP) is 2.18. The van der Waals surface area contributed by atoms with Gasteiger partial charge >= 0.3 is 0 Å². The molecule has 3 N–H and O–H groups in total. The summed E-state index contributed by atoms with van der Waals surface area (Å²) in [5.41, 5.74) is 7.06. The molecule has 0 aliphatic heterocycles. The molecule has 1 aliphatic carbocycles. The molecule has 0 amide bonds. The highest BCUT2D eigenvalue weighted by atomic mass is 14.7. The SMILES string of the molecule is CCC1(CC(C)=N)CC1C(C)N. The van der Waals surface area contributed by atoms with Crippen LogP contribution >= 0.6 is 0 Å². The summed E-state index contributed by atoms with van der Waals surface area (Å²) in [5, 5.41) is 7.48. The second-order valence-electron chi connectivity index (χ2n) is 4.34. The van der Waals surface area contributed by atoms with Crippen molar-refractivity contribution < 1.29 is 0 Å². The highest BCUT2D eigenvalue weighted by molar-refractivity contribution is 5.79. The van der Waals surface area contributed by atoms with Crippen molar-refractivity contribution in [1.29, 1.82) is 5.41 Å². The number of nitrogens with one attached hydrogen (secondary N) is 1. The topological polar surface area (TPSA) is 49.9 Å². The van der Waals surface area contributed by atoms with E-state index >= 15 is 0 Å². The molecule has 0 saturated heterocycles. The first-order valence-electron chi connectivity index (χ1n) is 4.81. The molecule has 0 spiro atoms. The van der Waals surface area contributed by atoms with Gasteiger partial charge in [0, 0.05) is 11.8 Å². The van der Waals surface area contributed by atoms with Gasteiger partial charge in [0.15, 0.2) is 0 Å². The quantitative estimate of drug-likeness (QED) is 0.621. The zero-order valence-corrected chi connectivity index (χ0v) is 8.35. The Labute approximate surface area is 75.0 Å². The van der Waals surface area contributed by atoms with E-state index in [4.69, 9.17) is 11.1 Å². The summed E-state index contributed by atoms with van der Waals surface area (Å²) >= 11 is 0. The maximum absolute atomic E-state index is 7.48. The molecule has 12 heavy (non-hydrogen) atoms. The Balaban J connectivity index is 2.53. The molecular formula is C10H20N2. The first kappa shape index (κ1) is 9.72. The zero-order chi connectivity index (χ0) is 9.35. The minimum atomic E-state index is 0.310. The van der Waals surface area contributed by atoms with Crippen molar-refractivity contribution in [2.24, 2.45) is 17.1 Å². The Hall–Kier alpha value is -0.370. The van der Waals surface area contributed by atoms with Crippen molar-refractivity contribution in [1.82, 2.24) is 0 Å². The summed E-state index contributed by atoms with van der Waals surface area (Å²) in [5.74, 6) is 0.669. The molecule has 0 aromatic carbocycles. The van der Waals surface area contributed by atoms with Crippen LogP contribution in [-0.4, -0.2) is 11.8 Å². The molecule has 0 aromatic heterocycles. The first-order valence-corrected chi connectivity index (χ1v) is 4.81. The van der Waals surface area contributed by atoms with Gasteiger partial charge in [-0.25, -0.2) is 0 Å². The van der Waals surface area contributed by atoms with E-state index in [0.717, 1.165) is 12.1 Å². The van der Waals surface area contributed by atoms with Crippen molar-refractivity contribution in [3.05, 3.63) is 0 Å². The van der Waals surface area contributed by atoms with E-state index in [1.807, 2.05) is 6.92 Å². The van der Waals surface area contributed by atoms with Crippen molar-refractivity contribution in [2.75, 3.05) is 0 Å². The highest BCUT2D eigenvalue weighted by Gasteiger charge is 2.53. The van der Waals surface area contributed by atoms with Gasteiger partial charge in [-0.1, -0.05) is 6.92 Å². The van der Waals surface area contributed by atoms with Crippen LogP contribution in [0.2, 0.25) is 0 Å². The minimum absolute atomic E-state index is 0.310. The molecule has 3 atom stereocenters. The van der Waals surface area contributed by atoms with Crippen LogP contribution in [-0.2, 0) is 0 Å². The van der Waals surface area contributed by atoms with Crippen molar-refractivity contribution in [3.63, 3.8) is 0 Å². The smallest absolute Gasteiger partial charge is 0.00638 e. The molecule has 0 heterocycles. The lowest BCUT2D eigenvalue weighted by atomic mass is 9.91. The van der Waals surface area contributed by atoms with Gasteiger partial charge in [0.05, 0.1) is 0 Å². The van der Waals surface area contributed by atoms with Crippen LogP contribution in [0.4, 0.5) is 0 Å². The average molecular weight is 168 g/mol. The third-order valence-electron chi connectivity index (χ3n) is 3.21. The second-order valence-corrected chi connectivity index (χ2v) is 4.34. The lowest BCUT2D eigenvalue weighted by Gasteiger charge is -2.15. The van der Waals surface area contributed by atoms with Gasteiger partial charge in [0.2, 0.25) is 0 Å². The molecule has 0 radical (unpaired) electrons. The Morgan fingerprint density at radius 2 is 2.33 bits per heavy atom. The fourth-order valence-electron chi connectivity index (χ4n) is 2.39. The number of hydrogen-bond donors (Lipinski definition) is 2. The molecule has 3 unspecified atom stereocenters. The molecule has 1 rings (SSSR count). The number of nitrogens with two attached hydrogens (primary N) is 1. The highest BCUT2D eigenvalue weighted by Crippen LogP contribution is 2.58. The Morgan fingerprint density at radius 3 is 2.58 bits per heavy atom. The molecule has 1 aliphatic rings. The predicted molar refractivity (Wildman–Crippen MR) is 52.5 cm³/mol. The summed E-state index contributed by atoms with van der Waals surface area (Å²) in [4.78, 5) is 0. The third kappa shape index (κ3) is 1.69. The maximum Gasteiger partial charge on any atom is 0.00638 e. The molecule has 1 saturated carbocycles. The fraction of sp³-hybridized carbons (Fsp3) is 0.900. The Morgan fingerprint density at radius 1 is 1.75 bits per heavy atom. The van der Waals surface area contributed by atoms with Crippen LogP contribution in [0.25, 0.3) is 0 Å². The second kappa shape index (κ2) is 3.17. The van der Waals surface area contributed by atoms with E-state index in [9.17, 15) is 0 Å². The summed E-state index contributed by atoms with van der Waals surface area (Å²) in [6, 6.07) is 0.310. The van der Waals surface area contributed by atoms with Gasteiger partial charge in [-0.3, -0.25) is 0 Å². The number of hydrogen-bond acceptors (Lipinski definition) is 2. The van der Waals surface area contributed by atoms with Gasteiger partial charge in [0.25, 0.3) is 0 Å². The molecule has 2 heteroatoms. The molecule has 1 fully saturated rings. The summed E-state index contributed by atoms with van der Waals surface area (Å²) in [6.45, 7) is 6.20. The van der Waals surface area contributed by atoms with Crippen molar-refractivity contribution >= 4 is 5.71 Å². The van der Waals surface area contributed by atoms with Crippen molar-refractivity contribution in [2.45, 2.75) is 46.1 Å². The average Bonchev–Trinajstić information content (AvgIpc) is 2.63. The van der Waals surface area contributed by atoms with E-state index in [1.165, 1.54) is 12.8 Å². The van der Waals surface area contributed by atoms with Crippen LogP contribution in [0.5, 0.6) is 0 Å². The molecule has 0 bridgehead atoms. The van der Waals surface area contributed by atoms with E-state index in [1.54, 1.807) is 0 Å². The van der Waals surface area contributed by atoms with Crippen LogP contribution in [0.3, 0.4) is 0 Å². The van der Waals surface area contributed by atoms with Gasteiger partial charge in [-0.05, 0) is 44.4 Å². The normalized spacial score (nSPS) is 36.2. The Bertz CT molecular complexity index is 186. The van der Waals surface area contributed by atoms with Crippen LogP contribution in [0.1, 0.15) is 40.0 Å². The molecule has 0 aromatic rings. The minimum Gasteiger partial charge on any atom is -0.328 e. The van der Waals surface area contributed by atoms with E-state index in [2.05, 4.69) is 13.8 Å². The summed E-state index contributed by atoms with van der Waals surface area (Å²) in [6.07, 6.45) is 3.36. The van der Waals surface area contributed by atoms with Gasteiger partial charge < -0.3 is 11.1 Å². The lowest BCUT2D eigenvalue weighted by Crippen LogP contribution is -2.22. The molecule has 70 valence electrons. The van der Waals surface area contributed by atoms with Crippen LogP contribution in [0, 0.1) is 16.7 Å². The van der Waals surface area contributed by atoms with Crippen LogP contribution < -0.4 is 5.73 Å². The van der Waals surface area contributed by atoms with E-state index in [-0.39, 0.29) is 0 Å². The summed E-state index contributed by atoms with van der Waals surface area (Å²) in [7, 11) is 0. The van der Waals surface area contributed by atoms with Gasteiger partial charge in [-0.2, -0.15) is 0 Å². The third-order valence-corrected chi connectivity index (χ3v) is 3.21. The zero-order valence-electron chi connectivity index (χ0n) is 8.35. The standard InChI is InChI=1S/C10H20N2/c1-4-10(5-7(2)11)6-9(10)8(3)12/h8-9,11H,4-6,12H2,1-3H3. The number of rotatable bonds is 4. The lowest BCUT2D eigenvalue weighted by molar-refractivity contribution is 0.422. The maximum atomic E-state index is 7.48. The Kier molecular flexibility index (Phi) is 2.57. The van der Waals surface area contributed by atoms with Gasteiger partial charge in [-0.15, -0.1) is 0 Å². The fourth-order valence-corrected chi connectivity index (χ4v) is 2.39. The van der Waals surface area contributed by atoms with Crippen LogP contribution in [0.15, 0.2) is 0 Å². The van der Waals surface area contributed by atoms with Crippen molar-refractivity contribution in [3.8, 4) is 0 Å². The first-order chi connectivity index (χ1) is 5.52. The summed E-state index contributed by atoms with van der Waals surface area (Å²) < 4.78 is 0.